The molecule has 0 radical (unpaired) electrons. The van der Waals surface area contributed by atoms with Crippen LogP contribution in [0.4, 0.5) is 5.69 Å². The number of carbonyl (C=O) groups excluding carboxylic acids is 1. The first-order valence-electron chi connectivity index (χ1n) is 6.12. The molecule has 1 aromatic rings. The Morgan fingerprint density at radius 3 is 2.61 bits per heavy atom. The van der Waals surface area contributed by atoms with Gasteiger partial charge < -0.3 is 15.8 Å². The van der Waals surface area contributed by atoms with Crippen molar-refractivity contribution in [3.05, 3.63) is 24.3 Å². The molecule has 0 bridgehead atoms. The van der Waals surface area contributed by atoms with E-state index in [-0.39, 0.29) is 17.7 Å². The van der Waals surface area contributed by atoms with Crippen molar-refractivity contribution < 1.29 is 9.53 Å². The van der Waals surface area contributed by atoms with Gasteiger partial charge in [-0.15, -0.1) is 0 Å². The van der Waals surface area contributed by atoms with Crippen LogP contribution in [0.15, 0.2) is 24.3 Å². The summed E-state index contributed by atoms with van der Waals surface area (Å²) in [4.78, 5) is 10.7. The minimum Gasteiger partial charge on any atom is -0.491 e. The van der Waals surface area contributed by atoms with Crippen LogP contribution in [0, 0.1) is 5.41 Å². The number of hydrogen-bond acceptors (Lipinski definition) is 3. The lowest BCUT2D eigenvalue weighted by Crippen LogP contribution is -2.19. The second-order valence-electron chi connectivity index (χ2n) is 5.48. The first kappa shape index (κ1) is 14.4. The lowest BCUT2D eigenvalue weighted by Gasteiger charge is -2.21. The summed E-state index contributed by atoms with van der Waals surface area (Å²) in [6, 6.07) is 7.70. The second-order valence-corrected chi connectivity index (χ2v) is 5.48. The van der Waals surface area contributed by atoms with Crippen molar-refractivity contribution in [2.45, 2.75) is 27.2 Å². The summed E-state index contributed by atoms with van der Waals surface area (Å²) in [7, 11) is 0. The Bertz CT molecular complexity index is 397. The van der Waals surface area contributed by atoms with E-state index in [4.69, 9.17) is 10.5 Å². The van der Waals surface area contributed by atoms with E-state index in [2.05, 4.69) is 26.1 Å². The van der Waals surface area contributed by atoms with Gasteiger partial charge in [0.15, 0.2) is 0 Å². The number of nitrogens with one attached hydrogen (secondary N) is 1. The molecule has 4 nitrogen and oxygen atoms in total. The molecule has 0 saturated heterocycles. The predicted molar refractivity (Wildman–Crippen MR) is 73.7 cm³/mol. The maximum absolute atomic E-state index is 10.7. The average molecular weight is 250 g/mol. The minimum atomic E-state index is -0.352. The standard InChI is InChI=1S/C14H22N2O2/c1-14(2,3)10-16-11-6-4-5-7-12(11)18-9-8-13(15)17/h4-7,16H,8-10H2,1-3H3,(H2,15,17). The van der Waals surface area contributed by atoms with E-state index in [9.17, 15) is 4.79 Å². The van der Waals surface area contributed by atoms with Crippen LogP contribution in [0.25, 0.3) is 0 Å². The molecule has 0 spiro atoms. The van der Waals surface area contributed by atoms with Gasteiger partial charge >= 0.3 is 0 Å². The van der Waals surface area contributed by atoms with Crippen LogP contribution in [-0.4, -0.2) is 19.1 Å². The third kappa shape index (κ3) is 5.57. The molecule has 0 aromatic heterocycles. The third-order valence-corrected chi connectivity index (χ3v) is 2.30. The Hall–Kier alpha value is -1.71. The van der Waals surface area contributed by atoms with Crippen molar-refractivity contribution in [1.82, 2.24) is 0 Å². The number of nitrogens with two attached hydrogens (primary N) is 1. The Morgan fingerprint density at radius 2 is 2.00 bits per heavy atom. The quantitative estimate of drug-likeness (QED) is 0.814. The fourth-order valence-corrected chi connectivity index (χ4v) is 1.36. The number of carbonyl (C=O) groups is 1. The number of primary amides is 1. The zero-order valence-electron chi connectivity index (χ0n) is 11.3. The lowest BCUT2D eigenvalue weighted by molar-refractivity contribution is -0.118. The summed E-state index contributed by atoms with van der Waals surface area (Å²) in [6.07, 6.45) is 0.230. The summed E-state index contributed by atoms with van der Waals surface area (Å²) in [5.74, 6) is 0.401. The molecule has 0 aliphatic carbocycles. The number of ether oxygens (including phenoxy) is 1. The van der Waals surface area contributed by atoms with Crippen molar-refractivity contribution in [3.63, 3.8) is 0 Å². The SMILES string of the molecule is CC(C)(C)CNc1ccccc1OCCC(N)=O. The van der Waals surface area contributed by atoms with Crippen LogP contribution in [-0.2, 0) is 4.79 Å². The predicted octanol–water partition coefficient (Wildman–Crippen LogP) is 2.40. The van der Waals surface area contributed by atoms with Gasteiger partial charge in [-0.25, -0.2) is 0 Å². The van der Waals surface area contributed by atoms with Crippen molar-refractivity contribution in [2.24, 2.45) is 11.1 Å². The lowest BCUT2D eigenvalue weighted by atomic mass is 9.97. The topological polar surface area (TPSA) is 64.3 Å². The molecule has 0 unspecified atom stereocenters. The highest BCUT2D eigenvalue weighted by Crippen LogP contribution is 2.25. The van der Waals surface area contributed by atoms with E-state index >= 15 is 0 Å². The van der Waals surface area contributed by atoms with Gasteiger partial charge in [-0.3, -0.25) is 4.79 Å². The number of anilines is 1. The van der Waals surface area contributed by atoms with Gasteiger partial charge in [-0.1, -0.05) is 32.9 Å². The molecule has 18 heavy (non-hydrogen) atoms. The summed E-state index contributed by atoms with van der Waals surface area (Å²) >= 11 is 0. The van der Waals surface area contributed by atoms with Crippen LogP contribution in [0.1, 0.15) is 27.2 Å². The molecule has 100 valence electrons. The van der Waals surface area contributed by atoms with Crippen LogP contribution < -0.4 is 15.8 Å². The maximum Gasteiger partial charge on any atom is 0.220 e. The van der Waals surface area contributed by atoms with E-state index in [1.807, 2.05) is 24.3 Å². The Kier molecular flexibility index (Phi) is 5.01. The van der Waals surface area contributed by atoms with Gasteiger partial charge in [0.05, 0.1) is 18.7 Å². The second kappa shape index (κ2) is 6.28. The van der Waals surface area contributed by atoms with Gasteiger partial charge in [0.2, 0.25) is 5.91 Å². The zero-order chi connectivity index (χ0) is 13.6. The Morgan fingerprint density at radius 1 is 1.33 bits per heavy atom. The first-order valence-corrected chi connectivity index (χ1v) is 6.12. The fourth-order valence-electron chi connectivity index (χ4n) is 1.36. The molecule has 0 heterocycles. The van der Waals surface area contributed by atoms with Gasteiger partial charge in [-0.2, -0.15) is 0 Å². The van der Waals surface area contributed by atoms with Gasteiger partial charge in [0, 0.05) is 6.54 Å². The van der Waals surface area contributed by atoms with Gasteiger partial charge in [0.1, 0.15) is 5.75 Å². The molecule has 1 rings (SSSR count). The molecular weight excluding hydrogens is 228 g/mol. The summed E-state index contributed by atoms with van der Waals surface area (Å²) in [5.41, 5.74) is 6.21. The van der Waals surface area contributed by atoms with Crippen LogP contribution in [0.2, 0.25) is 0 Å². The molecule has 1 amide bonds. The van der Waals surface area contributed by atoms with Gasteiger partial charge in [0.25, 0.3) is 0 Å². The minimum absolute atomic E-state index is 0.195. The molecule has 0 atom stereocenters. The van der Waals surface area contributed by atoms with E-state index in [1.54, 1.807) is 0 Å². The number of amides is 1. The summed E-state index contributed by atoms with van der Waals surface area (Å²) in [5, 5.41) is 3.35. The molecule has 0 saturated carbocycles. The van der Waals surface area contributed by atoms with E-state index < -0.39 is 0 Å². The average Bonchev–Trinajstić information content (AvgIpc) is 2.26. The monoisotopic (exact) mass is 250 g/mol. The molecule has 3 N–H and O–H groups in total. The molecular formula is C14H22N2O2. The van der Waals surface area contributed by atoms with Crippen LogP contribution >= 0.6 is 0 Å². The number of para-hydroxylation sites is 2. The molecule has 0 aliphatic heterocycles. The number of benzene rings is 1. The van der Waals surface area contributed by atoms with E-state index in [0.29, 0.717) is 6.61 Å². The summed E-state index contributed by atoms with van der Waals surface area (Å²) < 4.78 is 5.55. The van der Waals surface area contributed by atoms with Crippen molar-refractivity contribution in [1.29, 1.82) is 0 Å². The Balaban J connectivity index is 2.59. The first-order chi connectivity index (χ1) is 8.38. The zero-order valence-corrected chi connectivity index (χ0v) is 11.3. The molecule has 0 aliphatic rings. The van der Waals surface area contributed by atoms with Crippen LogP contribution in [0.3, 0.4) is 0 Å². The molecule has 4 heteroatoms. The van der Waals surface area contributed by atoms with Crippen molar-refractivity contribution in [3.8, 4) is 5.75 Å². The van der Waals surface area contributed by atoms with E-state index in [0.717, 1.165) is 18.0 Å². The van der Waals surface area contributed by atoms with Crippen molar-refractivity contribution >= 4 is 11.6 Å². The molecule has 0 fully saturated rings. The van der Waals surface area contributed by atoms with Gasteiger partial charge in [-0.05, 0) is 17.5 Å². The summed E-state index contributed by atoms with van der Waals surface area (Å²) in [6.45, 7) is 7.65. The highest BCUT2D eigenvalue weighted by Gasteiger charge is 2.11. The largest absolute Gasteiger partial charge is 0.491 e. The maximum atomic E-state index is 10.7. The highest BCUT2D eigenvalue weighted by molar-refractivity contribution is 5.73. The fraction of sp³-hybridized carbons (Fsp3) is 0.500. The smallest absolute Gasteiger partial charge is 0.220 e. The number of rotatable bonds is 6. The molecule has 1 aromatic carbocycles. The highest BCUT2D eigenvalue weighted by atomic mass is 16.5. The van der Waals surface area contributed by atoms with Crippen LogP contribution in [0.5, 0.6) is 5.75 Å². The van der Waals surface area contributed by atoms with E-state index in [1.165, 1.54) is 0 Å². The Labute approximate surface area is 109 Å². The van der Waals surface area contributed by atoms with Crippen molar-refractivity contribution in [2.75, 3.05) is 18.5 Å². The number of hydrogen-bond donors (Lipinski definition) is 2. The third-order valence-electron chi connectivity index (χ3n) is 2.30. The normalized spacial score (nSPS) is 11.1.